The number of nitrogens with zero attached hydrogens (tertiary/aromatic N) is 2. The van der Waals surface area contributed by atoms with Gasteiger partial charge < -0.3 is 24.8 Å². The van der Waals surface area contributed by atoms with E-state index in [9.17, 15) is 15.0 Å². The maximum atomic E-state index is 12.8. The van der Waals surface area contributed by atoms with E-state index in [0.29, 0.717) is 42.6 Å². The van der Waals surface area contributed by atoms with Crippen molar-refractivity contribution >= 4 is 16.9 Å². The highest BCUT2D eigenvalue weighted by atomic mass is 16.5. The molecule has 1 saturated heterocycles. The van der Waals surface area contributed by atoms with E-state index in [1.807, 2.05) is 72.8 Å². The molecule has 1 amide bonds. The van der Waals surface area contributed by atoms with Crippen molar-refractivity contribution in [3.05, 3.63) is 101 Å². The fraction of sp³-hybridized carbons (Fsp3) is 0.333. The summed E-state index contributed by atoms with van der Waals surface area (Å²) in [5.74, 6) is 0.617. The van der Waals surface area contributed by atoms with Crippen molar-refractivity contribution < 1.29 is 19.7 Å². The van der Waals surface area contributed by atoms with Crippen LogP contribution in [0, 0.1) is 5.92 Å². The summed E-state index contributed by atoms with van der Waals surface area (Å²) in [7, 11) is 0. The highest BCUT2D eigenvalue weighted by Gasteiger charge is 2.39. The van der Waals surface area contributed by atoms with Crippen LogP contribution in [0.1, 0.15) is 47.1 Å². The number of aromatic nitrogens is 2. The van der Waals surface area contributed by atoms with E-state index >= 15 is 0 Å². The molecule has 1 aromatic heterocycles. The Labute approximate surface area is 216 Å². The molecular weight excluding hydrogens is 466 g/mol. The summed E-state index contributed by atoms with van der Waals surface area (Å²) in [6.07, 6.45) is 1.20. The Morgan fingerprint density at radius 3 is 2.27 bits per heavy atom. The van der Waals surface area contributed by atoms with Crippen molar-refractivity contribution in [3.8, 4) is 0 Å². The lowest BCUT2D eigenvalue weighted by molar-refractivity contribution is 0.0588. The molecule has 3 aromatic carbocycles. The zero-order valence-corrected chi connectivity index (χ0v) is 21.0. The van der Waals surface area contributed by atoms with Gasteiger partial charge in [0, 0.05) is 31.9 Å². The molecule has 3 N–H and O–H groups in total. The first-order chi connectivity index (χ1) is 18.0. The van der Waals surface area contributed by atoms with Crippen molar-refractivity contribution in [3.63, 3.8) is 0 Å². The SMILES string of the molecule is C[C@@H](O)CNC(=O)c1ccc2nc(C(O)(c3ccccc3)c3ccccc3)n(CC3CCOCC3)c2c1. The number of amides is 1. The predicted octanol–water partition coefficient (Wildman–Crippen LogP) is 3.86. The topological polar surface area (TPSA) is 96.6 Å². The van der Waals surface area contributed by atoms with E-state index in [1.165, 1.54) is 0 Å². The molecule has 1 atom stereocenters. The van der Waals surface area contributed by atoms with Crippen LogP contribution in [0.4, 0.5) is 0 Å². The Bertz CT molecular complexity index is 1310. The molecule has 7 heteroatoms. The van der Waals surface area contributed by atoms with E-state index < -0.39 is 11.7 Å². The number of ether oxygens (including phenoxy) is 1. The smallest absolute Gasteiger partial charge is 0.251 e. The third-order valence-electron chi connectivity index (χ3n) is 7.06. The molecule has 192 valence electrons. The number of imidazole rings is 1. The molecule has 1 aliphatic rings. The molecule has 4 aromatic rings. The van der Waals surface area contributed by atoms with E-state index in [2.05, 4.69) is 9.88 Å². The molecule has 0 radical (unpaired) electrons. The number of aliphatic hydroxyl groups excluding tert-OH is 1. The fourth-order valence-corrected chi connectivity index (χ4v) is 5.04. The van der Waals surface area contributed by atoms with Crippen LogP contribution in [-0.4, -0.2) is 51.5 Å². The standard InChI is InChI=1S/C30H33N3O4/c1-21(34)19-31-28(35)23-12-13-26-27(18-23)33(20-22-14-16-37-17-15-22)29(32-26)30(36,24-8-4-2-5-9-24)25-10-6-3-7-11-25/h2-13,18,21-22,34,36H,14-17,19-20H2,1H3,(H,31,35)/t21-/m1/s1. The van der Waals surface area contributed by atoms with Crippen LogP contribution in [-0.2, 0) is 16.9 Å². The highest BCUT2D eigenvalue weighted by molar-refractivity contribution is 5.97. The number of carbonyl (C=O) groups excluding carboxylic acids is 1. The van der Waals surface area contributed by atoms with Crippen molar-refractivity contribution in [2.24, 2.45) is 5.92 Å². The largest absolute Gasteiger partial charge is 0.392 e. The maximum Gasteiger partial charge on any atom is 0.251 e. The average molecular weight is 500 g/mol. The molecule has 0 aliphatic carbocycles. The summed E-state index contributed by atoms with van der Waals surface area (Å²) >= 11 is 0. The molecule has 2 heterocycles. The molecule has 7 nitrogen and oxygen atoms in total. The van der Waals surface area contributed by atoms with E-state index in [0.717, 1.165) is 29.5 Å². The first-order valence-electron chi connectivity index (χ1n) is 12.8. The number of carbonyl (C=O) groups is 1. The Morgan fingerprint density at radius 1 is 1.05 bits per heavy atom. The molecule has 1 fully saturated rings. The molecule has 0 bridgehead atoms. The molecule has 0 saturated carbocycles. The molecule has 1 aliphatic heterocycles. The third-order valence-corrected chi connectivity index (χ3v) is 7.06. The van der Waals surface area contributed by atoms with Crippen LogP contribution >= 0.6 is 0 Å². The van der Waals surface area contributed by atoms with Crippen LogP contribution in [0.3, 0.4) is 0 Å². The first kappa shape index (κ1) is 25.1. The number of nitrogens with one attached hydrogen (secondary N) is 1. The monoisotopic (exact) mass is 499 g/mol. The zero-order chi connectivity index (χ0) is 25.8. The van der Waals surface area contributed by atoms with Crippen molar-refractivity contribution in [2.45, 2.75) is 38.0 Å². The van der Waals surface area contributed by atoms with Crippen LogP contribution < -0.4 is 5.32 Å². The van der Waals surface area contributed by atoms with Crippen LogP contribution in [0.2, 0.25) is 0 Å². The van der Waals surface area contributed by atoms with E-state index in [4.69, 9.17) is 9.72 Å². The van der Waals surface area contributed by atoms with Gasteiger partial charge in [0.15, 0.2) is 11.4 Å². The number of hydrogen-bond acceptors (Lipinski definition) is 5. The molecular formula is C30H33N3O4. The van der Waals surface area contributed by atoms with Crippen LogP contribution in [0.5, 0.6) is 0 Å². The summed E-state index contributed by atoms with van der Waals surface area (Å²) < 4.78 is 7.67. The lowest BCUT2D eigenvalue weighted by Gasteiger charge is -2.31. The summed E-state index contributed by atoms with van der Waals surface area (Å²) in [6, 6.07) is 24.6. The van der Waals surface area contributed by atoms with Gasteiger partial charge in [-0.15, -0.1) is 0 Å². The Balaban J connectivity index is 1.69. The van der Waals surface area contributed by atoms with Gasteiger partial charge in [-0.3, -0.25) is 4.79 Å². The van der Waals surface area contributed by atoms with Crippen molar-refractivity contribution in [2.75, 3.05) is 19.8 Å². The molecule has 37 heavy (non-hydrogen) atoms. The third kappa shape index (κ3) is 5.16. The van der Waals surface area contributed by atoms with Gasteiger partial charge in [0.2, 0.25) is 0 Å². The summed E-state index contributed by atoms with van der Waals surface area (Å²) in [6.45, 7) is 3.87. The van der Waals surface area contributed by atoms with Gasteiger partial charge in [-0.2, -0.15) is 0 Å². The van der Waals surface area contributed by atoms with E-state index in [1.54, 1.807) is 13.0 Å². The number of benzene rings is 3. The van der Waals surface area contributed by atoms with Crippen LogP contribution in [0.15, 0.2) is 78.9 Å². The number of aliphatic hydroxyl groups is 2. The number of rotatable bonds is 8. The highest BCUT2D eigenvalue weighted by Crippen LogP contribution is 2.38. The van der Waals surface area contributed by atoms with Gasteiger partial charge in [-0.05, 0) is 55.0 Å². The quantitative estimate of drug-likeness (QED) is 0.342. The fourth-order valence-electron chi connectivity index (χ4n) is 5.04. The summed E-state index contributed by atoms with van der Waals surface area (Å²) in [5, 5.41) is 24.9. The van der Waals surface area contributed by atoms with Gasteiger partial charge in [-0.25, -0.2) is 4.98 Å². The minimum absolute atomic E-state index is 0.172. The Hall–Kier alpha value is -3.52. The van der Waals surface area contributed by atoms with Gasteiger partial charge in [0.05, 0.1) is 17.1 Å². The number of hydrogen-bond donors (Lipinski definition) is 3. The Kier molecular flexibility index (Phi) is 7.37. The molecule has 0 spiro atoms. The van der Waals surface area contributed by atoms with Gasteiger partial charge in [-0.1, -0.05) is 60.7 Å². The van der Waals surface area contributed by atoms with Gasteiger partial charge in [0.1, 0.15) is 0 Å². The minimum Gasteiger partial charge on any atom is -0.392 e. The lowest BCUT2D eigenvalue weighted by atomic mass is 9.85. The maximum absolute atomic E-state index is 12.8. The normalized spacial score (nSPS) is 15.5. The zero-order valence-electron chi connectivity index (χ0n) is 21.0. The molecule has 5 rings (SSSR count). The predicted molar refractivity (Wildman–Crippen MR) is 142 cm³/mol. The van der Waals surface area contributed by atoms with Gasteiger partial charge in [0.25, 0.3) is 5.91 Å². The Morgan fingerprint density at radius 2 is 1.68 bits per heavy atom. The second-order valence-corrected chi connectivity index (χ2v) is 9.81. The van der Waals surface area contributed by atoms with Gasteiger partial charge >= 0.3 is 0 Å². The average Bonchev–Trinajstić information content (AvgIpc) is 3.30. The summed E-state index contributed by atoms with van der Waals surface area (Å²) in [4.78, 5) is 17.8. The van der Waals surface area contributed by atoms with Crippen molar-refractivity contribution in [1.82, 2.24) is 14.9 Å². The molecule has 0 unspecified atom stereocenters. The number of fused-ring (bicyclic) bond motifs is 1. The minimum atomic E-state index is -1.50. The lowest BCUT2D eigenvalue weighted by Crippen LogP contribution is -2.34. The van der Waals surface area contributed by atoms with E-state index in [-0.39, 0.29) is 12.5 Å². The van der Waals surface area contributed by atoms with Crippen molar-refractivity contribution in [1.29, 1.82) is 0 Å². The second-order valence-electron chi connectivity index (χ2n) is 9.81. The van der Waals surface area contributed by atoms with Crippen LogP contribution in [0.25, 0.3) is 11.0 Å². The first-order valence-corrected chi connectivity index (χ1v) is 12.8. The second kappa shape index (κ2) is 10.8. The summed E-state index contributed by atoms with van der Waals surface area (Å²) in [5.41, 5.74) is 1.92.